The summed E-state index contributed by atoms with van der Waals surface area (Å²) in [6, 6.07) is 8.76. The van der Waals surface area contributed by atoms with Crippen molar-refractivity contribution in [1.82, 2.24) is 4.31 Å². The van der Waals surface area contributed by atoms with Crippen LogP contribution in [0.5, 0.6) is 0 Å². The number of para-hydroxylation sites is 1. The van der Waals surface area contributed by atoms with Gasteiger partial charge in [-0.1, -0.05) is 18.6 Å². The van der Waals surface area contributed by atoms with Crippen LogP contribution in [0, 0.1) is 11.3 Å². The van der Waals surface area contributed by atoms with Crippen LogP contribution in [-0.2, 0) is 10.2 Å². The Hall–Kier alpha value is -1.58. The third-order valence-electron chi connectivity index (χ3n) is 3.35. The van der Waals surface area contributed by atoms with E-state index in [1.807, 2.05) is 6.07 Å². The summed E-state index contributed by atoms with van der Waals surface area (Å²) in [4.78, 5) is 0. The zero-order valence-electron chi connectivity index (χ0n) is 10.9. The summed E-state index contributed by atoms with van der Waals surface area (Å²) in [6.07, 6.45) is 2.87. The molecule has 0 bridgehead atoms. The number of nitriles is 1. The maximum absolute atomic E-state index is 12.5. The van der Waals surface area contributed by atoms with E-state index in [0.717, 1.165) is 19.3 Å². The summed E-state index contributed by atoms with van der Waals surface area (Å²) >= 11 is 0. The van der Waals surface area contributed by atoms with E-state index in [2.05, 4.69) is 0 Å². The second kappa shape index (κ2) is 5.59. The molecule has 0 atom stereocenters. The Labute approximate surface area is 114 Å². The predicted molar refractivity (Wildman–Crippen MR) is 73.9 cm³/mol. The van der Waals surface area contributed by atoms with Crippen molar-refractivity contribution in [2.24, 2.45) is 0 Å². The first-order valence-corrected chi connectivity index (χ1v) is 7.70. The fraction of sp³-hybridized carbons (Fsp3) is 0.462. The highest BCUT2D eigenvalue weighted by atomic mass is 32.2. The molecule has 1 fully saturated rings. The Kier molecular flexibility index (Phi) is 4.08. The third kappa shape index (κ3) is 2.72. The first-order chi connectivity index (χ1) is 9.07. The second-order valence-electron chi connectivity index (χ2n) is 4.56. The molecule has 0 amide bonds. The number of nitrogens with zero attached hydrogens (tertiary/aromatic N) is 3. The molecule has 0 N–H and O–H groups in total. The number of anilines is 1. The van der Waals surface area contributed by atoms with Gasteiger partial charge in [0.15, 0.2) is 0 Å². The topological polar surface area (TPSA) is 64.4 Å². The molecule has 0 spiro atoms. The van der Waals surface area contributed by atoms with E-state index in [0.29, 0.717) is 24.3 Å². The third-order valence-corrected chi connectivity index (χ3v) is 5.26. The van der Waals surface area contributed by atoms with Gasteiger partial charge in [0.05, 0.1) is 11.3 Å². The molecule has 1 aliphatic heterocycles. The summed E-state index contributed by atoms with van der Waals surface area (Å²) in [5, 5.41) is 9.06. The Bertz CT molecular complexity index is 586. The fourth-order valence-corrected chi connectivity index (χ4v) is 3.71. The van der Waals surface area contributed by atoms with E-state index in [-0.39, 0.29) is 0 Å². The van der Waals surface area contributed by atoms with Gasteiger partial charge in [-0.05, 0) is 25.0 Å². The van der Waals surface area contributed by atoms with Crippen LogP contribution in [0.3, 0.4) is 0 Å². The lowest BCUT2D eigenvalue weighted by molar-refractivity contribution is 0.346. The van der Waals surface area contributed by atoms with Crippen molar-refractivity contribution < 1.29 is 8.42 Å². The molecule has 1 saturated heterocycles. The first-order valence-electron chi connectivity index (χ1n) is 6.30. The molecule has 2 rings (SSSR count). The highest BCUT2D eigenvalue weighted by Gasteiger charge is 2.29. The number of benzene rings is 1. The molecule has 19 heavy (non-hydrogen) atoms. The van der Waals surface area contributed by atoms with Crippen molar-refractivity contribution in [2.75, 3.05) is 24.4 Å². The Morgan fingerprint density at radius 1 is 1.21 bits per heavy atom. The van der Waals surface area contributed by atoms with Crippen LogP contribution in [0.1, 0.15) is 24.8 Å². The van der Waals surface area contributed by atoms with Crippen molar-refractivity contribution in [2.45, 2.75) is 19.3 Å². The fourth-order valence-electron chi connectivity index (χ4n) is 2.24. The summed E-state index contributed by atoms with van der Waals surface area (Å²) in [6.45, 7) is 1.11. The zero-order chi connectivity index (χ0) is 13.9. The molecule has 1 aromatic rings. The molecule has 5 nitrogen and oxygen atoms in total. The molecule has 1 heterocycles. The summed E-state index contributed by atoms with van der Waals surface area (Å²) < 4.78 is 27.7. The van der Waals surface area contributed by atoms with Crippen LogP contribution in [0.4, 0.5) is 5.69 Å². The number of rotatable bonds is 3. The largest absolute Gasteiger partial charge is 0.303 e. The zero-order valence-corrected chi connectivity index (χ0v) is 11.7. The molecular weight excluding hydrogens is 262 g/mol. The molecular formula is C13H17N3O2S. The van der Waals surface area contributed by atoms with Crippen LogP contribution in [0.2, 0.25) is 0 Å². The van der Waals surface area contributed by atoms with Gasteiger partial charge in [-0.25, -0.2) is 0 Å². The van der Waals surface area contributed by atoms with Gasteiger partial charge in [-0.15, -0.1) is 0 Å². The molecule has 0 radical (unpaired) electrons. The smallest absolute Gasteiger partial charge is 0.259 e. The summed E-state index contributed by atoms with van der Waals surface area (Å²) in [7, 11) is -2.03. The minimum Gasteiger partial charge on any atom is -0.259 e. The molecule has 1 aromatic carbocycles. The minimum atomic E-state index is -3.53. The van der Waals surface area contributed by atoms with Gasteiger partial charge in [0, 0.05) is 20.1 Å². The minimum absolute atomic E-state index is 0.366. The lowest BCUT2D eigenvalue weighted by Gasteiger charge is -2.31. The van der Waals surface area contributed by atoms with E-state index in [9.17, 15) is 8.42 Å². The van der Waals surface area contributed by atoms with Crippen molar-refractivity contribution in [1.29, 1.82) is 5.26 Å². The van der Waals surface area contributed by atoms with Crippen LogP contribution in [-0.4, -0.2) is 32.9 Å². The standard InChI is InChI=1S/C13H17N3O2S/c1-15(13-8-4-3-7-12(13)11-14)19(17,18)16-9-5-2-6-10-16/h3-4,7-8H,2,5-6,9-10H2,1H3. The molecule has 0 aliphatic carbocycles. The van der Waals surface area contributed by atoms with Crippen LogP contribution < -0.4 is 4.31 Å². The molecule has 0 aromatic heterocycles. The highest BCUT2D eigenvalue weighted by molar-refractivity contribution is 7.90. The maximum Gasteiger partial charge on any atom is 0.303 e. The van der Waals surface area contributed by atoms with Crippen LogP contribution >= 0.6 is 0 Å². The molecule has 102 valence electrons. The maximum atomic E-state index is 12.5. The lowest BCUT2D eigenvalue weighted by atomic mass is 10.2. The predicted octanol–water partition coefficient (Wildman–Crippen LogP) is 1.73. The number of hydrogen-bond acceptors (Lipinski definition) is 3. The van der Waals surface area contributed by atoms with Gasteiger partial charge in [0.25, 0.3) is 0 Å². The van der Waals surface area contributed by atoms with Crippen molar-refractivity contribution in [3.05, 3.63) is 29.8 Å². The number of hydrogen-bond donors (Lipinski definition) is 0. The van der Waals surface area contributed by atoms with Gasteiger partial charge in [-0.2, -0.15) is 18.0 Å². The van der Waals surface area contributed by atoms with Crippen molar-refractivity contribution in [3.63, 3.8) is 0 Å². The van der Waals surface area contributed by atoms with Gasteiger partial charge in [0.2, 0.25) is 0 Å². The number of piperidine rings is 1. The van der Waals surface area contributed by atoms with E-state index in [4.69, 9.17) is 5.26 Å². The molecule has 6 heteroatoms. The molecule has 0 unspecified atom stereocenters. The second-order valence-corrected chi connectivity index (χ2v) is 6.52. The SMILES string of the molecule is CN(c1ccccc1C#N)S(=O)(=O)N1CCCCC1. The van der Waals surface area contributed by atoms with Crippen molar-refractivity contribution >= 4 is 15.9 Å². The van der Waals surface area contributed by atoms with Crippen LogP contribution in [0.25, 0.3) is 0 Å². The van der Waals surface area contributed by atoms with Gasteiger partial charge in [-0.3, -0.25) is 4.31 Å². The Balaban J connectivity index is 2.32. The van der Waals surface area contributed by atoms with E-state index in [1.165, 1.54) is 15.7 Å². The first kappa shape index (κ1) is 13.8. The van der Waals surface area contributed by atoms with E-state index < -0.39 is 10.2 Å². The average molecular weight is 279 g/mol. The van der Waals surface area contributed by atoms with Gasteiger partial charge >= 0.3 is 10.2 Å². The monoisotopic (exact) mass is 279 g/mol. The average Bonchev–Trinajstić information content (AvgIpc) is 2.47. The Morgan fingerprint density at radius 3 is 2.47 bits per heavy atom. The molecule has 0 saturated carbocycles. The van der Waals surface area contributed by atoms with Gasteiger partial charge in [0.1, 0.15) is 6.07 Å². The molecule has 1 aliphatic rings. The normalized spacial score (nSPS) is 16.8. The van der Waals surface area contributed by atoms with E-state index >= 15 is 0 Å². The summed E-state index contributed by atoms with van der Waals surface area (Å²) in [5.74, 6) is 0. The van der Waals surface area contributed by atoms with Crippen molar-refractivity contribution in [3.8, 4) is 6.07 Å². The lowest BCUT2D eigenvalue weighted by Crippen LogP contribution is -2.44. The van der Waals surface area contributed by atoms with Gasteiger partial charge < -0.3 is 0 Å². The Morgan fingerprint density at radius 2 is 1.84 bits per heavy atom. The summed E-state index contributed by atoms with van der Waals surface area (Å²) in [5.41, 5.74) is 0.793. The highest BCUT2D eigenvalue weighted by Crippen LogP contribution is 2.24. The van der Waals surface area contributed by atoms with Crippen LogP contribution in [0.15, 0.2) is 24.3 Å². The van der Waals surface area contributed by atoms with E-state index in [1.54, 1.807) is 24.3 Å². The quantitative estimate of drug-likeness (QED) is 0.846.